The lowest BCUT2D eigenvalue weighted by Crippen LogP contribution is -2.12. The molecule has 0 aliphatic carbocycles. The maximum atomic E-state index is 12.0. The number of halogens is 1. The Balaban J connectivity index is 1.89. The first kappa shape index (κ1) is 11.7. The number of imidazole rings is 1. The second-order valence-corrected chi connectivity index (χ2v) is 4.37. The second-order valence-electron chi connectivity index (χ2n) is 3.93. The van der Waals surface area contributed by atoms with E-state index in [-0.39, 0.29) is 5.91 Å². The van der Waals surface area contributed by atoms with Crippen LogP contribution >= 0.6 is 11.6 Å². The van der Waals surface area contributed by atoms with Crippen molar-refractivity contribution in [1.82, 2.24) is 14.4 Å². The number of rotatable bonds is 2. The Hall–Kier alpha value is -2.40. The van der Waals surface area contributed by atoms with Gasteiger partial charge < -0.3 is 9.72 Å². The van der Waals surface area contributed by atoms with Gasteiger partial charge in [0.15, 0.2) is 0 Å². The molecule has 0 radical (unpaired) electrons. The Kier molecular flexibility index (Phi) is 2.89. The van der Waals surface area contributed by atoms with Crippen molar-refractivity contribution >= 4 is 28.8 Å². The summed E-state index contributed by atoms with van der Waals surface area (Å²) in [7, 11) is 0. The smallest absolute Gasteiger partial charge is 0.275 e. The minimum atomic E-state index is -0.272. The molecule has 19 heavy (non-hydrogen) atoms. The summed E-state index contributed by atoms with van der Waals surface area (Å²) in [6.45, 7) is 0. The van der Waals surface area contributed by atoms with E-state index in [4.69, 9.17) is 11.6 Å². The minimum absolute atomic E-state index is 0.272. The lowest BCUT2D eigenvalue weighted by Gasteiger charge is -2.00. The number of nitrogens with one attached hydrogen (secondary N) is 1. The molecule has 5 nitrogen and oxygen atoms in total. The normalized spacial score (nSPS) is 10.6. The third-order valence-corrected chi connectivity index (χ3v) is 2.81. The third-order valence-electron chi connectivity index (χ3n) is 2.59. The SMILES string of the molecule is O=C(Nc1ccncc1)c1cn2cc(Cl)ccc2n1. The maximum absolute atomic E-state index is 12.0. The fourth-order valence-corrected chi connectivity index (χ4v) is 1.87. The Morgan fingerprint density at radius 1 is 1.16 bits per heavy atom. The average molecular weight is 273 g/mol. The molecule has 0 bridgehead atoms. The molecule has 0 unspecified atom stereocenters. The van der Waals surface area contributed by atoms with E-state index < -0.39 is 0 Å². The molecule has 0 saturated heterocycles. The molecule has 94 valence electrons. The van der Waals surface area contributed by atoms with E-state index in [1.807, 2.05) is 0 Å². The summed E-state index contributed by atoms with van der Waals surface area (Å²) in [5, 5.41) is 3.33. The van der Waals surface area contributed by atoms with Crippen molar-refractivity contribution < 1.29 is 4.79 Å². The Bertz CT molecular complexity index is 739. The quantitative estimate of drug-likeness (QED) is 0.780. The van der Waals surface area contributed by atoms with Gasteiger partial charge in [-0.2, -0.15) is 0 Å². The van der Waals surface area contributed by atoms with Crippen LogP contribution in [0.5, 0.6) is 0 Å². The average Bonchev–Trinajstić information content (AvgIpc) is 2.83. The molecule has 1 amide bonds. The number of amides is 1. The van der Waals surface area contributed by atoms with Crippen molar-refractivity contribution in [2.75, 3.05) is 5.32 Å². The molecule has 0 saturated carbocycles. The number of hydrogen-bond acceptors (Lipinski definition) is 3. The first-order chi connectivity index (χ1) is 9.22. The summed E-state index contributed by atoms with van der Waals surface area (Å²) < 4.78 is 1.71. The third kappa shape index (κ3) is 2.41. The molecule has 3 rings (SSSR count). The molecule has 0 aromatic carbocycles. The summed E-state index contributed by atoms with van der Waals surface area (Å²) in [5.41, 5.74) is 1.68. The van der Waals surface area contributed by atoms with Crippen molar-refractivity contribution in [3.63, 3.8) is 0 Å². The lowest BCUT2D eigenvalue weighted by atomic mass is 10.3. The van der Waals surface area contributed by atoms with Gasteiger partial charge in [-0.1, -0.05) is 11.6 Å². The van der Waals surface area contributed by atoms with Crippen LogP contribution < -0.4 is 5.32 Å². The summed E-state index contributed by atoms with van der Waals surface area (Å²) >= 11 is 5.88. The zero-order valence-corrected chi connectivity index (χ0v) is 10.5. The van der Waals surface area contributed by atoms with Crippen molar-refractivity contribution in [2.24, 2.45) is 0 Å². The van der Waals surface area contributed by atoms with E-state index in [2.05, 4.69) is 15.3 Å². The zero-order chi connectivity index (χ0) is 13.2. The molecule has 0 spiro atoms. The van der Waals surface area contributed by atoms with Crippen LogP contribution in [0.1, 0.15) is 10.5 Å². The van der Waals surface area contributed by atoms with Crippen molar-refractivity contribution in [2.45, 2.75) is 0 Å². The number of carbonyl (C=O) groups is 1. The molecule has 0 atom stereocenters. The van der Waals surface area contributed by atoms with Gasteiger partial charge in [-0.3, -0.25) is 9.78 Å². The largest absolute Gasteiger partial charge is 0.320 e. The first-order valence-corrected chi connectivity index (χ1v) is 5.96. The molecule has 1 N–H and O–H groups in total. The van der Waals surface area contributed by atoms with Crippen LogP contribution in [0.4, 0.5) is 5.69 Å². The number of anilines is 1. The molecule has 3 heterocycles. The molecule has 3 aromatic heterocycles. The highest BCUT2D eigenvalue weighted by atomic mass is 35.5. The first-order valence-electron chi connectivity index (χ1n) is 5.58. The van der Waals surface area contributed by atoms with E-state index in [1.54, 1.807) is 53.5 Å². The van der Waals surface area contributed by atoms with Gasteiger partial charge in [0.25, 0.3) is 5.91 Å². The van der Waals surface area contributed by atoms with E-state index in [1.165, 1.54) is 0 Å². The van der Waals surface area contributed by atoms with Crippen molar-refractivity contribution in [1.29, 1.82) is 0 Å². The van der Waals surface area contributed by atoms with Crippen molar-refractivity contribution in [3.8, 4) is 0 Å². The fraction of sp³-hybridized carbons (Fsp3) is 0. The van der Waals surface area contributed by atoms with E-state index in [0.29, 0.717) is 22.1 Å². The molecule has 3 aromatic rings. The number of pyridine rings is 2. The van der Waals surface area contributed by atoms with Gasteiger partial charge in [0.05, 0.1) is 5.02 Å². The Labute approximate surface area is 113 Å². The standard InChI is InChI=1S/C13H9ClN4O/c14-9-1-2-12-17-11(8-18(12)7-9)13(19)16-10-3-5-15-6-4-10/h1-8H,(H,15,16,19). The Morgan fingerprint density at radius 2 is 1.95 bits per heavy atom. The second kappa shape index (κ2) is 4.70. The van der Waals surface area contributed by atoms with Gasteiger partial charge in [-0.15, -0.1) is 0 Å². The molecular weight excluding hydrogens is 264 g/mol. The van der Waals surface area contributed by atoms with Crippen LogP contribution in [0.25, 0.3) is 5.65 Å². The predicted octanol–water partition coefficient (Wildman–Crippen LogP) is 2.64. The lowest BCUT2D eigenvalue weighted by molar-refractivity contribution is 0.102. The topological polar surface area (TPSA) is 59.3 Å². The molecule has 0 aliphatic heterocycles. The van der Waals surface area contributed by atoms with E-state index >= 15 is 0 Å². The molecule has 0 fully saturated rings. The van der Waals surface area contributed by atoms with Gasteiger partial charge in [-0.25, -0.2) is 4.98 Å². The summed E-state index contributed by atoms with van der Waals surface area (Å²) in [4.78, 5) is 20.1. The van der Waals surface area contributed by atoms with E-state index in [0.717, 1.165) is 0 Å². The van der Waals surface area contributed by atoms with Crippen LogP contribution in [0, 0.1) is 0 Å². The van der Waals surface area contributed by atoms with Gasteiger partial charge in [0, 0.05) is 30.5 Å². The summed E-state index contributed by atoms with van der Waals surface area (Å²) in [6.07, 6.45) is 6.56. The molecule has 6 heteroatoms. The van der Waals surface area contributed by atoms with Crippen LogP contribution in [0.2, 0.25) is 5.02 Å². The highest BCUT2D eigenvalue weighted by Crippen LogP contribution is 2.13. The van der Waals surface area contributed by atoms with E-state index in [9.17, 15) is 4.79 Å². The molecule has 0 aliphatic rings. The number of hydrogen-bond donors (Lipinski definition) is 1. The minimum Gasteiger partial charge on any atom is -0.320 e. The highest BCUT2D eigenvalue weighted by Gasteiger charge is 2.10. The fourth-order valence-electron chi connectivity index (χ4n) is 1.70. The number of aromatic nitrogens is 3. The van der Waals surface area contributed by atoms with Gasteiger partial charge in [0.1, 0.15) is 11.3 Å². The Morgan fingerprint density at radius 3 is 2.74 bits per heavy atom. The van der Waals surface area contributed by atoms with Gasteiger partial charge >= 0.3 is 0 Å². The van der Waals surface area contributed by atoms with Crippen LogP contribution in [0.3, 0.4) is 0 Å². The van der Waals surface area contributed by atoms with Crippen LogP contribution in [-0.2, 0) is 0 Å². The predicted molar refractivity (Wildman–Crippen MR) is 72.4 cm³/mol. The molecular formula is C13H9ClN4O. The zero-order valence-electron chi connectivity index (χ0n) is 9.75. The monoisotopic (exact) mass is 272 g/mol. The summed E-state index contributed by atoms with van der Waals surface area (Å²) in [6, 6.07) is 6.91. The van der Waals surface area contributed by atoms with Crippen LogP contribution in [-0.4, -0.2) is 20.3 Å². The highest BCUT2D eigenvalue weighted by molar-refractivity contribution is 6.30. The number of fused-ring (bicyclic) bond motifs is 1. The van der Waals surface area contributed by atoms with Crippen molar-refractivity contribution in [3.05, 3.63) is 59.8 Å². The summed E-state index contributed by atoms with van der Waals surface area (Å²) in [5.74, 6) is -0.272. The van der Waals surface area contributed by atoms with Gasteiger partial charge in [-0.05, 0) is 24.3 Å². The van der Waals surface area contributed by atoms with Gasteiger partial charge in [0.2, 0.25) is 0 Å². The van der Waals surface area contributed by atoms with Crippen LogP contribution in [0.15, 0.2) is 49.1 Å². The number of nitrogens with zero attached hydrogens (tertiary/aromatic N) is 3. The maximum Gasteiger partial charge on any atom is 0.275 e. The number of carbonyl (C=O) groups excluding carboxylic acids is 1.